The third-order valence-electron chi connectivity index (χ3n) is 3.96. The molecule has 0 aliphatic carbocycles. The smallest absolute Gasteiger partial charge is 0.410 e. The number of hydrogen-bond acceptors (Lipinski definition) is 3. The number of carbonyl (C=O) groups excluding carboxylic acids is 1. The minimum atomic E-state index is -0.418. The topological polar surface area (TPSA) is 32.8 Å². The molecule has 0 radical (unpaired) electrons. The summed E-state index contributed by atoms with van der Waals surface area (Å²) in [5.41, 5.74) is -0.0249. The van der Waals surface area contributed by atoms with Crippen LogP contribution in [0, 0.1) is 5.41 Å². The number of likely N-dealkylation sites (tertiary alicyclic amines) is 1. The van der Waals surface area contributed by atoms with E-state index in [2.05, 4.69) is 25.7 Å². The van der Waals surface area contributed by atoms with Crippen LogP contribution in [0.2, 0.25) is 0 Å². The van der Waals surface area contributed by atoms with Crippen LogP contribution in [-0.4, -0.2) is 54.2 Å². The van der Waals surface area contributed by atoms with Gasteiger partial charge in [-0.05, 0) is 52.0 Å². The highest BCUT2D eigenvalue weighted by Gasteiger charge is 2.28. The highest BCUT2D eigenvalue weighted by molar-refractivity contribution is 5.68. The highest BCUT2D eigenvalue weighted by Crippen LogP contribution is 2.22. The maximum atomic E-state index is 12.1. The zero-order valence-electron chi connectivity index (χ0n) is 15.0. The fraction of sp³-hybridized carbons (Fsp3) is 0.941. The van der Waals surface area contributed by atoms with Crippen LogP contribution in [0.15, 0.2) is 0 Å². The van der Waals surface area contributed by atoms with Crippen molar-refractivity contribution in [2.24, 2.45) is 5.41 Å². The van der Waals surface area contributed by atoms with E-state index >= 15 is 0 Å². The van der Waals surface area contributed by atoms with E-state index < -0.39 is 5.60 Å². The van der Waals surface area contributed by atoms with Crippen LogP contribution in [0.3, 0.4) is 0 Å². The van der Waals surface area contributed by atoms with Crippen LogP contribution in [-0.2, 0) is 4.74 Å². The standard InChI is InChI=1S/C17H34N2O2/c1-16(2,3)10-13-19-11-8-14(9-12-19)18(7)15(20)21-17(4,5)6/h14H,8-13H2,1-7H3. The van der Waals surface area contributed by atoms with Gasteiger partial charge < -0.3 is 14.5 Å². The summed E-state index contributed by atoms with van der Waals surface area (Å²) in [4.78, 5) is 16.4. The average molecular weight is 298 g/mol. The van der Waals surface area contributed by atoms with Gasteiger partial charge in [-0.2, -0.15) is 0 Å². The van der Waals surface area contributed by atoms with Gasteiger partial charge >= 0.3 is 6.09 Å². The van der Waals surface area contributed by atoms with E-state index in [1.807, 2.05) is 27.8 Å². The molecule has 21 heavy (non-hydrogen) atoms. The van der Waals surface area contributed by atoms with Crippen molar-refractivity contribution in [3.05, 3.63) is 0 Å². The van der Waals surface area contributed by atoms with Gasteiger partial charge in [0.1, 0.15) is 5.60 Å². The second-order valence-electron chi connectivity index (χ2n) is 8.47. The Bertz CT molecular complexity index is 334. The van der Waals surface area contributed by atoms with E-state index in [1.165, 1.54) is 6.42 Å². The molecule has 0 bridgehead atoms. The third kappa shape index (κ3) is 7.16. The summed E-state index contributed by atoms with van der Waals surface area (Å²) in [5, 5.41) is 0. The van der Waals surface area contributed by atoms with Gasteiger partial charge in [-0.25, -0.2) is 4.79 Å². The van der Waals surface area contributed by atoms with Gasteiger partial charge in [0, 0.05) is 26.2 Å². The predicted octanol–water partition coefficient (Wildman–Crippen LogP) is 3.75. The Kier molecular flexibility index (Phi) is 6.09. The average Bonchev–Trinajstić information content (AvgIpc) is 2.33. The van der Waals surface area contributed by atoms with Crippen molar-refractivity contribution in [3.8, 4) is 0 Å². The molecule has 4 heteroatoms. The number of ether oxygens (including phenoxy) is 1. The number of amides is 1. The fourth-order valence-electron chi connectivity index (χ4n) is 2.51. The molecule has 0 saturated carbocycles. The minimum Gasteiger partial charge on any atom is -0.444 e. The molecule has 0 aromatic rings. The Labute approximate surface area is 130 Å². The first-order chi connectivity index (χ1) is 9.48. The largest absolute Gasteiger partial charge is 0.444 e. The van der Waals surface area contributed by atoms with Crippen LogP contribution >= 0.6 is 0 Å². The second kappa shape index (κ2) is 6.99. The first-order valence-corrected chi connectivity index (χ1v) is 8.16. The van der Waals surface area contributed by atoms with E-state index in [-0.39, 0.29) is 6.09 Å². The van der Waals surface area contributed by atoms with Crippen LogP contribution in [0.5, 0.6) is 0 Å². The van der Waals surface area contributed by atoms with E-state index in [4.69, 9.17) is 4.74 Å². The van der Waals surface area contributed by atoms with E-state index in [1.54, 1.807) is 4.90 Å². The summed E-state index contributed by atoms with van der Waals surface area (Å²) in [6, 6.07) is 0.311. The number of rotatable bonds is 3. The monoisotopic (exact) mass is 298 g/mol. The lowest BCUT2D eigenvalue weighted by atomic mass is 9.91. The first-order valence-electron chi connectivity index (χ1n) is 8.16. The number of nitrogens with zero attached hydrogens (tertiary/aromatic N) is 2. The Hall–Kier alpha value is -0.770. The molecule has 1 rings (SSSR count). The summed E-state index contributed by atoms with van der Waals surface area (Å²) in [7, 11) is 1.86. The van der Waals surface area contributed by atoms with E-state index in [0.29, 0.717) is 11.5 Å². The zero-order chi connectivity index (χ0) is 16.3. The molecule has 1 amide bonds. The summed E-state index contributed by atoms with van der Waals surface area (Å²) in [5.74, 6) is 0. The maximum absolute atomic E-state index is 12.1. The molecule has 4 nitrogen and oxygen atoms in total. The van der Waals surface area contributed by atoms with Gasteiger partial charge in [0.15, 0.2) is 0 Å². The molecule has 0 aromatic carbocycles. The van der Waals surface area contributed by atoms with Gasteiger partial charge in [-0.1, -0.05) is 20.8 Å². The Balaban J connectivity index is 2.37. The van der Waals surface area contributed by atoms with Gasteiger partial charge in [-0.3, -0.25) is 0 Å². The van der Waals surface area contributed by atoms with Crippen molar-refractivity contribution in [2.75, 3.05) is 26.7 Å². The molecule has 1 heterocycles. The van der Waals surface area contributed by atoms with Crippen molar-refractivity contribution < 1.29 is 9.53 Å². The van der Waals surface area contributed by atoms with Crippen molar-refractivity contribution in [1.29, 1.82) is 0 Å². The molecule has 0 aromatic heterocycles. The molecule has 0 N–H and O–H groups in total. The molecular weight excluding hydrogens is 264 g/mol. The van der Waals surface area contributed by atoms with E-state index in [0.717, 1.165) is 32.5 Å². The normalized spacial score (nSPS) is 18.6. The lowest BCUT2D eigenvalue weighted by Crippen LogP contribution is -2.47. The van der Waals surface area contributed by atoms with E-state index in [9.17, 15) is 4.79 Å². The Morgan fingerprint density at radius 1 is 1.14 bits per heavy atom. The van der Waals surface area contributed by atoms with Gasteiger partial charge in [-0.15, -0.1) is 0 Å². The maximum Gasteiger partial charge on any atom is 0.410 e. The van der Waals surface area contributed by atoms with Crippen molar-refractivity contribution in [3.63, 3.8) is 0 Å². The zero-order valence-corrected chi connectivity index (χ0v) is 15.0. The molecule has 0 spiro atoms. The molecule has 1 aliphatic heterocycles. The van der Waals surface area contributed by atoms with Crippen molar-refractivity contribution >= 4 is 6.09 Å². The summed E-state index contributed by atoms with van der Waals surface area (Å²) in [6.07, 6.45) is 3.11. The second-order valence-corrected chi connectivity index (χ2v) is 8.47. The lowest BCUT2D eigenvalue weighted by Gasteiger charge is -2.38. The van der Waals surface area contributed by atoms with Crippen LogP contribution < -0.4 is 0 Å². The molecule has 0 unspecified atom stereocenters. The Morgan fingerprint density at radius 2 is 1.67 bits per heavy atom. The van der Waals surface area contributed by atoms with Crippen LogP contribution in [0.1, 0.15) is 60.8 Å². The van der Waals surface area contributed by atoms with Crippen molar-refractivity contribution in [2.45, 2.75) is 72.4 Å². The fourth-order valence-corrected chi connectivity index (χ4v) is 2.51. The third-order valence-corrected chi connectivity index (χ3v) is 3.96. The van der Waals surface area contributed by atoms with Gasteiger partial charge in [0.05, 0.1) is 0 Å². The van der Waals surface area contributed by atoms with Crippen LogP contribution in [0.25, 0.3) is 0 Å². The predicted molar refractivity (Wildman–Crippen MR) is 87.5 cm³/mol. The summed E-state index contributed by atoms with van der Waals surface area (Å²) in [6.45, 7) is 15.9. The van der Waals surface area contributed by atoms with Gasteiger partial charge in [0.2, 0.25) is 0 Å². The number of carbonyl (C=O) groups is 1. The SMILES string of the molecule is CN(C(=O)OC(C)(C)C)C1CCN(CCC(C)(C)C)CC1. The quantitative estimate of drug-likeness (QED) is 0.795. The molecular formula is C17H34N2O2. The lowest BCUT2D eigenvalue weighted by molar-refractivity contribution is 0.0149. The molecule has 1 fully saturated rings. The molecule has 1 saturated heterocycles. The number of hydrogen-bond donors (Lipinski definition) is 0. The van der Waals surface area contributed by atoms with Crippen molar-refractivity contribution in [1.82, 2.24) is 9.80 Å². The summed E-state index contributed by atoms with van der Waals surface area (Å²) < 4.78 is 5.45. The molecule has 124 valence electrons. The molecule has 1 aliphatic rings. The first kappa shape index (κ1) is 18.3. The summed E-state index contributed by atoms with van der Waals surface area (Å²) >= 11 is 0. The van der Waals surface area contributed by atoms with Gasteiger partial charge in [0.25, 0.3) is 0 Å². The van der Waals surface area contributed by atoms with Crippen LogP contribution in [0.4, 0.5) is 4.79 Å². The number of piperidine rings is 1. The molecule has 0 atom stereocenters. The Morgan fingerprint density at radius 3 is 2.10 bits per heavy atom. The minimum absolute atomic E-state index is 0.198. The highest BCUT2D eigenvalue weighted by atomic mass is 16.6.